The van der Waals surface area contributed by atoms with Gasteiger partial charge in [-0.15, -0.1) is 13.2 Å². The van der Waals surface area contributed by atoms with Gasteiger partial charge in [-0.25, -0.2) is 9.97 Å². The molecule has 2 aromatic carbocycles. The van der Waals surface area contributed by atoms with Gasteiger partial charge in [-0.2, -0.15) is 0 Å². The molecule has 0 bridgehead atoms. The zero-order valence-corrected chi connectivity index (χ0v) is 17.1. The Morgan fingerprint density at radius 2 is 1.64 bits per heavy atom. The number of hydrogen-bond donors (Lipinski definition) is 0. The van der Waals surface area contributed by atoms with Crippen molar-refractivity contribution in [2.45, 2.75) is 12.9 Å². The summed E-state index contributed by atoms with van der Waals surface area (Å²) in [6.45, 7) is 0.533. The molecule has 0 fully saturated rings. The molecule has 1 aromatic heterocycles. The van der Waals surface area contributed by atoms with Crippen molar-refractivity contribution in [3.05, 3.63) is 53.9 Å². The molecule has 6 nitrogen and oxygen atoms in total. The van der Waals surface area contributed by atoms with Gasteiger partial charge in [0.25, 0.3) is 5.91 Å². The standard InChI is InChI=1S/C21H13B3F3N3O3/c22-17-18(23)28-16(29-19(17)24)10-30-7-8-32-15-6-3-12(9-14(15)20(30)31)11-1-4-13(5-2-11)33-21(25,26)27/h1-6,9H,7-8,10H2. The number of hydrogen-bond acceptors (Lipinski definition) is 5. The molecular weight excluding hydrogens is 432 g/mol. The zero-order valence-electron chi connectivity index (χ0n) is 17.1. The van der Waals surface area contributed by atoms with Crippen molar-refractivity contribution in [3.8, 4) is 22.6 Å². The highest BCUT2D eigenvalue weighted by atomic mass is 19.4. The first-order chi connectivity index (χ1) is 15.6. The van der Waals surface area contributed by atoms with Crippen molar-refractivity contribution >= 4 is 46.1 Å². The second-order valence-corrected chi connectivity index (χ2v) is 7.18. The van der Waals surface area contributed by atoms with Crippen molar-refractivity contribution in [2.24, 2.45) is 0 Å². The second kappa shape index (κ2) is 8.84. The lowest BCUT2D eigenvalue weighted by molar-refractivity contribution is -0.274. The minimum Gasteiger partial charge on any atom is -0.491 e. The van der Waals surface area contributed by atoms with Gasteiger partial charge in [-0.05, 0) is 46.6 Å². The van der Waals surface area contributed by atoms with Crippen LogP contribution in [0.5, 0.6) is 11.5 Å². The van der Waals surface area contributed by atoms with Crippen LogP contribution in [0.2, 0.25) is 0 Å². The molecule has 0 spiro atoms. The maximum atomic E-state index is 13.2. The van der Waals surface area contributed by atoms with Gasteiger partial charge < -0.3 is 14.4 Å². The van der Waals surface area contributed by atoms with Crippen molar-refractivity contribution in [3.63, 3.8) is 0 Å². The number of amides is 1. The summed E-state index contributed by atoms with van der Waals surface area (Å²) in [6.07, 6.45) is -4.78. The summed E-state index contributed by atoms with van der Waals surface area (Å²) in [6, 6.07) is 10.3. The van der Waals surface area contributed by atoms with Gasteiger partial charge in [-0.3, -0.25) is 4.79 Å². The zero-order chi connectivity index (χ0) is 23.8. The van der Waals surface area contributed by atoms with Crippen molar-refractivity contribution in [1.29, 1.82) is 0 Å². The molecule has 6 radical (unpaired) electrons. The van der Waals surface area contributed by atoms with E-state index in [0.29, 0.717) is 16.9 Å². The third-order valence-corrected chi connectivity index (χ3v) is 4.92. The summed E-state index contributed by atoms with van der Waals surface area (Å²) in [5.74, 6) is -0.0551. The number of benzene rings is 2. The first kappa shape index (κ1) is 22.8. The summed E-state index contributed by atoms with van der Waals surface area (Å²) >= 11 is 0. The SMILES string of the molecule is [B]c1nc(CN2CCOc3ccc(-c4ccc(OC(F)(F)F)cc4)cc3C2=O)nc([B])c1[B]. The van der Waals surface area contributed by atoms with Crippen LogP contribution < -0.4 is 26.1 Å². The monoisotopic (exact) mass is 445 g/mol. The van der Waals surface area contributed by atoms with Gasteiger partial charge in [-0.1, -0.05) is 23.7 Å². The fourth-order valence-corrected chi connectivity index (χ4v) is 3.34. The van der Waals surface area contributed by atoms with E-state index in [1.807, 2.05) is 0 Å². The van der Waals surface area contributed by atoms with Crippen LogP contribution >= 0.6 is 0 Å². The predicted molar refractivity (Wildman–Crippen MR) is 117 cm³/mol. The molecule has 0 atom stereocenters. The number of alkyl halides is 3. The number of rotatable bonds is 4. The van der Waals surface area contributed by atoms with Crippen molar-refractivity contribution < 1.29 is 27.4 Å². The summed E-state index contributed by atoms with van der Waals surface area (Å²) in [5, 5.41) is 0. The normalized spacial score (nSPS) is 13.8. The highest BCUT2D eigenvalue weighted by Gasteiger charge is 2.31. The van der Waals surface area contributed by atoms with Gasteiger partial charge in [0.05, 0.1) is 18.7 Å². The van der Waals surface area contributed by atoms with Gasteiger partial charge in [0.15, 0.2) is 0 Å². The molecule has 12 heteroatoms. The molecule has 0 aliphatic carbocycles. The first-order valence-electron chi connectivity index (χ1n) is 9.70. The third kappa shape index (κ3) is 5.15. The molecule has 0 unspecified atom stereocenters. The molecular formula is C21H13B3F3N3O3. The Morgan fingerprint density at radius 1 is 1.00 bits per heavy atom. The molecule has 160 valence electrons. The number of aromatic nitrogens is 2. The number of fused-ring (bicyclic) bond motifs is 1. The van der Waals surface area contributed by atoms with Crippen LogP contribution in [0.15, 0.2) is 42.5 Å². The molecule has 3 aromatic rings. The third-order valence-electron chi connectivity index (χ3n) is 4.92. The van der Waals surface area contributed by atoms with Gasteiger partial charge in [0.2, 0.25) is 0 Å². The van der Waals surface area contributed by atoms with Crippen LogP contribution in [-0.2, 0) is 6.54 Å². The summed E-state index contributed by atoms with van der Waals surface area (Å²) in [4.78, 5) is 22.9. The van der Waals surface area contributed by atoms with E-state index in [1.54, 1.807) is 18.2 Å². The lowest BCUT2D eigenvalue weighted by Gasteiger charge is -2.20. The second-order valence-electron chi connectivity index (χ2n) is 7.18. The van der Waals surface area contributed by atoms with E-state index in [-0.39, 0.29) is 59.4 Å². The predicted octanol–water partition coefficient (Wildman–Crippen LogP) is 0.458. The fourth-order valence-electron chi connectivity index (χ4n) is 3.34. The van der Waals surface area contributed by atoms with Crippen LogP contribution in [0.3, 0.4) is 0 Å². The topological polar surface area (TPSA) is 64.6 Å². The van der Waals surface area contributed by atoms with Gasteiger partial charge in [0, 0.05) is 0 Å². The average molecular weight is 445 g/mol. The number of carbonyl (C=O) groups is 1. The highest BCUT2D eigenvalue weighted by Crippen LogP contribution is 2.31. The Balaban J connectivity index is 1.60. The van der Waals surface area contributed by atoms with Crippen LogP contribution in [0.1, 0.15) is 16.2 Å². The van der Waals surface area contributed by atoms with E-state index >= 15 is 0 Å². The first-order valence-corrected chi connectivity index (χ1v) is 9.70. The summed E-state index contributed by atoms with van der Waals surface area (Å²) in [7, 11) is 17.2. The molecule has 0 saturated heterocycles. The van der Waals surface area contributed by atoms with E-state index in [4.69, 9.17) is 28.3 Å². The maximum Gasteiger partial charge on any atom is 0.573 e. The van der Waals surface area contributed by atoms with E-state index in [1.165, 1.54) is 29.2 Å². The van der Waals surface area contributed by atoms with E-state index in [0.717, 1.165) is 0 Å². The summed E-state index contributed by atoms with van der Waals surface area (Å²) < 4.78 is 46.7. The molecule has 0 saturated carbocycles. The molecule has 33 heavy (non-hydrogen) atoms. The van der Waals surface area contributed by atoms with Crippen LogP contribution in [0.4, 0.5) is 13.2 Å². The molecule has 4 rings (SSSR count). The molecule has 1 aliphatic rings. The number of ether oxygens (including phenoxy) is 2. The molecule has 1 aliphatic heterocycles. The minimum atomic E-state index is -4.78. The Morgan fingerprint density at radius 3 is 2.27 bits per heavy atom. The number of nitrogens with zero attached hydrogens (tertiary/aromatic N) is 3. The lowest BCUT2D eigenvalue weighted by atomic mass is 9.78. The van der Waals surface area contributed by atoms with Crippen LogP contribution in [0, 0.1) is 0 Å². The van der Waals surface area contributed by atoms with E-state index in [9.17, 15) is 18.0 Å². The summed E-state index contributed by atoms with van der Waals surface area (Å²) in [5.41, 5.74) is 1.62. The smallest absolute Gasteiger partial charge is 0.491 e. The lowest BCUT2D eigenvalue weighted by Crippen LogP contribution is -2.45. The molecule has 1 amide bonds. The van der Waals surface area contributed by atoms with Crippen LogP contribution in [-0.4, -0.2) is 63.8 Å². The Labute approximate surface area is 191 Å². The Bertz CT molecular complexity index is 1180. The van der Waals surface area contributed by atoms with Crippen molar-refractivity contribution in [1.82, 2.24) is 14.9 Å². The van der Waals surface area contributed by atoms with Crippen LogP contribution in [0.25, 0.3) is 11.1 Å². The number of halogens is 3. The quantitative estimate of drug-likeness (QED) is 0.547. The van der Waals surface area contributed by atoms with Crippen molar-refractivity contribution in [2.75, 3.05) is 13.2 Å². The fraction of sp³-hybridized carbons (Fsp3) is 0.190. The molecule has 2 heterocycles. The van der Waals surface area contributed by atoms with E-state index < -0.39 is 6.36 Å². The maximum absolute atomic E-state index is 13.2. The number of carbonyl (C=O) groups excluding carboxylic acids is 1. The Kier molecular flexibility index (Phi) is 6.10. The Hall–Kier alpha value is -3.43. The van der Waals surface area contributed by atoms with Gasteiger partial charge in [0.1, 0.15) is 47.5 Å². The highest BCUT2D eigenvalue weighted by molar-refractivity contribution is 6.55. The average Bonchev–Trinajstić information content (AvgIpc) is 2.90. The largest absolute Gasteiger partial charge is 0.573 e. The molecule has 0 N–H and O–H groups in total. The van der Waals surface area contributed by atoms with E-state index in [2.05, 4.69) is 14.7 Å². The minimum absolute atomic E-state index is 0.0247. The van der Waals surface area contributed by atoms with Gasteiger partial charge >= 0.3 is 6.36 Å².